The molecule has 0 aliphatic heterocycles. The monoisotopic (exact) mass is 431 g/mol. The molecule has 0 saturated heterocycles. The summed E-state index contributed by atoms with van der Waals surface area (Å²) in [6, 6.07) is 7.13. The highest BCUT2D eigenvalue weighted by Crippen LogP contribution is 2.41. The molecule has 0 spiro atoms. The number of nitrogens with one attached hydrogen (secondary N) is 1. The van der Waals surface area contributed by atoms with Crippen molar-refractivity contribution in [1.29, 1.82) is 0 Å². The first kappa shape index (κ1) is 17.6. The smallest absolute Gasteiger partial charge is 0.316 e. The zero-order valence-corrected chi connectivity index (χ0v) is 14.3. The van der Waals surface area contributed by atoms with Crippen molar-refractivity contribution in [2.45, 2.75) is 6.18 Å². The van der Waals surface area contributed by atoms with Crippen molar-refractivity contribution in [1.82, 2.24) is 0 Å². The number of alkyl halides is 3. The molecule has 3 rings (SSSR count). The van der Waals surface area contributed by atoms with Crippen LogP contribution in [0.4, 0.5) is 18.9 Å². The van der Waals surface area contributed by atoms with E-state index >= 15 is 0 Å². The van der Waals surface area contributed by atoms with Crippen LogP contribution in [0.25, 0.3) is 0 Å². The third-order valence-corrected chi connectivity index (χ3v) is 4.69. The molecule has 0 bridgehead atoms. The van der Waals surface area contributed by atoms with E-state index in [0.29, 0.717) is 0 Å². The summed E-state index contributed by atoms with van der Waals surface area (Å²) >= 11 is 8.92. The van der Waals surface area contributed by atoms with Gasteiger partial charge in [0.25, 0.3) is 0 Å². The highest BCUT2D eigenvalue weighted by Gasteiger charge is 2.40. The Hall–Kier alpha value is -2.19. The van der Waals surface area contributed by atoms with Crippen LogP contribution in [0.1, 0.15) is 31.8 Å². The lowest BCUT2D eigenvalue weighted by atomic mass is 9.84. The molecule has 1 aliphatic carbocycles. The molecular formula is C16H6BrClF3NO3. The summed E-state index contributed by atoms with van der Waals surface area (Å²) in [6.07, 6.45) is -5.13. The molecule has 25 heavy (non-hydrogen) atoms. The van der Waals surface area contributed by atoms with E-state index in [1.54, 1.807) is 17.4 Å². The predicted octanol–water partition coefficient (Wildman–Crippen LogP) is 4.38. The van der Waals surface area contributed by atoms with Crippen molar-refractivity contribution in [2.24, 2.45) is 0 Å². The SMILES string of the molecule is O=C1c2ccccc2C(=O)c2c1cc(Cl)c(NC(=O)C(F)(F)F)c2Br. The van der Waals surface area contributed by atoms with Crippen LogP contribution in [-0.4, -0.2) is 23.6 Å². The number of amides is 1. The zero-order valence-electron chi connectivity index (χ0n) is 12.0. The lowest BCUT2D eigenvalue weighted by Gasteiger charge is -2.21. The first-order valence-electron chi connectivity index (χ1n) is 6.71. The number of rotatable bonds is 1. The fourth-order valence-corrected chi connectivity index (χ4v) is 3.55. The molecule has 0 fully saturated rings. The largest absolute Gasteiger partial charge is 0.471 e. The minimum absolute atomic E-state index is 0.0504. The average molecular weight is 433 g/mol. The molecule has 1 N–H and O–H groups in total. The molecule has 0 saturated carbocycles. The van der Waals surface area contributed by atoms with Gasteiger partial charge in [-0.2, -0.15) is 13.2 Å². The van der Waals surface area contributed by atoms with Crippen molar-refractivity contribution in [2.75, 3.05) is 5.32 Å². The number of ketones is 2. The summed E-state index contributed by atoms with van der Waals surface area (Å²) < 4.78 is 37.3. The number of anilines is 1. The Morgan fingerprint density at radius 3 is 2.16 bits per heavy atom. The van der Waals surface area contributed by atoms with E-state index in [9.17, 15) is 27.6 Å². The van der Waals surface area contributed by atoms with Gasteiger partial charge in [-0.1, -0.05) is 35.9 Å². The van der Waals surface area contributed by atoms with Gasteiger partial charge < -0.3 is 5.32 Å². The Morgan fingerprint density at radius 2 is 1.60 bits per heavy atom. The van der Waals surface area contributed by atoms with E-state index in [-0.39, 0.29) is 31.7 Å². The third-order valence-electron chi connectivity index (χ3n) is 3.60. The van der Waals surface area contributed by atoms with Gasteiger partial charge in [-0.15, -0.1) is 0 Å². The standard InChI is InChI=1S/C16H6BrClF3NO3/c17-11-10-8(5-9(18)12(11)22-15(25)16(19,20)21)13(23)6-3-1-2-4-7(6)14(10)24/h1-5H,(H,22,25). The van der Waals surface area contributed by atoms with Gasteiger partial charge >= 0.3 is 12.1 Å². The minimum atomic E-state index is -5.13. The summed E-state index contributed by atoms with van der Waals surface area (Å²) in [5, 5.41) is 1.32. The maximum absolute atomic E-state index is 12.7. The van der Waals surface area contributed by atoms with Gasteiger partial charge in [-0.25, -0.2) is 0 Å². The second-order valence-electron chi connectivity index (χ2n) is 5.13. The number of hydrogen-bond acceptors (Lipinski definition) is 3. The summed E-state index contributed by atoms with van der Waals surface area (Å²) in [7, 11) is 0. The molecule has 1 aliphatic rings. The molecule has 2 aromatic rings. The Labute approximate surface area is 152 Å². The van der Waals surface area contributed by atoms with Crippen LogP contribution < -0.4 is 5.32 Å². The first-order chi connectivity index (χ1) is 11.6. The lowest BCUT2D eigenvalue weighted by Crippen LogP contribution is -2.31. The van der Waals surface area contributed by atoms with Gasteiger partial charge in [0.2, 0.25) is 0 Å². The molecule has 0 atom stereocenters. The minimum Gasteiger partial charge on any atom is -0.316 e. The van der Waals surface area contributed by atoms with E-state index in [4.69, 9.17) is 11.6 Å². The normalized spacial score (nSPS) is 13.3. The molecule has 0 unspecified atom stereocenters. The highest BCUT2D eigenvalue weighted by molar-refractivity contribution is 9.10. The molecule has 1 amide bonds. The van der Waals surface area contributed by atoms with Crippen molar-refractivity contribution >= 4 is 50.7 Å². The van der Waals surface area contributed by atoms with Crippen molar-refractivity contribution in [3.63, 3.8) is 0 Å². The van der Waals surface area contributed by atoms with Crippen LogP contribution >= 0.6 is 27.5 Å². The van der Waals surface area contributed by atoms with Crippen molar-refractivity contribution in [3.8, 4) is 0 Å². The molecule has 4 nitrogen and oxygen atoms in total. The molecule has 0 heterocycles. The zero-order chi connectivity index (χ0) is 18.5. The van der Waals surface area contributed by atoms with Gasteiger partial charge in [-0.3, -0.25) is 14.4 Å². The molecule has 0 radical (unpaired) electrons. The Balaban J connectivity index is 2.18. The van der Waals surface area contributed by atoms with Crippen LogP contribution in [-0.2, 0) is 4.79 Å². The third kappa shape index (κ3) is 2.85. The van der Waals surface area contributed by atoms with E-state index in [2.05, 4.69) is 15.9 Å². The van der Waals surface area contributed by atoms with Gasteiger partial charge in [0, 0.05) is 16.7 Å². The summed E-state index contributed by atoms with van der Waals surface area (Å²) in [4.78, 5) is 36.4. The summed E-state index contributed by atoms with van der Waals surface area (Å²) in [5.74, 6) is -3.29. The lowest BCUT2D eigenvalue weighted by molar-refractivity contribution is -0.167. The van der Waals surface area contributed by atoms with Crippen LogP contribution in [0.2, 0.25) is 5.02 Å². The molecule has 9 heteroatoms. The quantitative estimate of drug-likeness (QED) is 0.621. The van der Waals surface area contributed by atoms with Gasteiger partial charge in [0.1, 0.15) is 0 Å². The van der Waals surface area contributed by atoms with E-state index < -0.39 is 29.3 Å². The summed E-state index contributed by atoms with van der Waals surface area (Å²) in [5.41, 5.74) is -0.328. The number of fused-ring (bicyclic) bond motifs is 2. The molecule has 2 aromatic carbocycles. The average Bonchev–Trinajstić information content (AvgIpc) is 2.55. The molecule has 0 aromatic heterocycles. The molecule has 128 valence electrons. The second-order valence-corrected chi connectivity index (χ2v) is 6.33. The van der Waals surface area contributed by atoms with Crippen LogP contribution in [0.5, 0.6) is 0 Å². The Bertz CT molecular complexity index is 956. The fraction of sp³-hybridized carbons (Fsp3) is 0.0625. The summed E-state index contributed by atoms with van der Waals surface area (Å²) in [6.45, 7) is 0. The fourth-order valence-electron chi connectivity index (χ4n) is 2.48. The van der Waals surface area contributed by atoms with Gasteiger partial charge in [-0.05, 0) is 22.0 Å². The highest BCUT2D eigenvalue weighted by atomic mass is 79.9. The number of hydrogen-bond donors (Lipinski definition) is 1. The van der Waals surface area contributed by atoms with Crippen LogP contribution in [0, 0.1) is 0 Å². The number of halogens is 5. The second kappa shape index (κ2) is 5.96. The number of carbonyl (C=O) groups excluding carboxylic acids is 3. The van der Waals surface area contributed by atoms with E-state index in [1.165, 1.54) is 12.1 Å². The predicted molar refractivity (Wildman–Crippen MR) is 87.1 cm³/mol. The van der Waals surface area contributed by atoms with Crippen molar-refractivity contribution in [3.05, 3.63) is 62.1 Å². The van der Waals surface area contributed by atoms with E-state index in [0.717, 1.165) is 6.07 Å². The van der Waals surface area contributed by atoms with Gasteiger partial charge in [0.15, 0.2) is 11.6 Å². The maximum atomic E-state index is 12.7. The van der Waals surface area contributed by atoms with Gasteiger partial charge in [0.05, 0.1) is 20.7 Å². The number of benzene rings is 2. The van der Waals surface area contributed by atoms with E-state index in [1.807, 2.05) is 0 Å². The van der Waals surface area contributed by atoms with Crippen molar-refractivity contribution < 1.29 is 27.6 Å². The Morgan fingerprint density at radius 1 is 1.04 bits per heavy atom. The van der Waals surface area contributed by atoms with Crippen LogP contribution in [0.3, 0.4) is 0 Å². The Kier molecular flexibility index (Phi) is 4.20. The maximum Gasteiger partial charge on any atom is 0.471 e. The number of carbonyl (C=O) groups is 3. The topological polar surface area (TPSA) is 63.2 Å². The molecular weight excluding hydrogens is 427 g/mol. The first-order valence-corrected chi connectivity index (χ1v) is 7.88. The van der Waals surface area contributed by atoms with Crippen LogP contribution in [0.15, 0.2) is 34.8 Å².